The maximum Gasteiger partial charge on any atom is 0.433 e. The second-order valence-electron chi connectivity index (χ2n) is 2.35. The second kappa shape index (κ2) is 3.45. The fraction of sp³-hybridized carbons (Fsp3) is 0.143. The van der Waals surface area contributed by atoms with Crippen molar-refractivity contribution >= 4 is 17.6 Å². The molecule has 0 saturated carbocycles. The summed E-state index contributed by atoms with van der Waals surface area (Å²) in [5, 5.41) is 7.97. The molecule has 0 amide bonds. The van der Waals surface area contributed by atoms with Gasteiger partial charge in [0.2, 0.25) is 0 Å². The largest absolute Gasteiger partial charge is 0.478 e. The summed E-state index contributed by atoms with van der Waals surface area (Å²) in [5.41, 5.74) is -1.67. The Hall–Kier alpha value is -1.30. The van der Waals surface area contributed by atoms with E-state index in [1.807, 2.05) is 0 Å². The number of nitrogens with zero attached hydrogens (tertiary/aromatic N) is 1. The lowest BCUT2D eigenvalue weighted by molar-refractivity contribution is -0.141. The highest BCUT2D eigenvalue weighted by Crippen LogP contribution is 2.29. The zero-order valence-corrected chi connectivity index (χ0v) is 7.23. The third-order valence-corrected chi connectivity index (χ3v) is 1.69. The molecule has 1 N–H and O–H groups in total. The normalized spacial score (nSPS) is 11.4. The number of carbonyl (C=O) groups is 1. The highest BCUT2D eigenvalue weighted by atomic mass is 35.5. The van der Waals surface area contributed by atoms with E-state index >= 15 is 0 Å². The molecule has 0 fully saturated rings. The van der Waals surface area contributed by atoms with Crippen molar-refractivity contribution < 1.29 is 23.1 Å². The molecule has 0 radical (unpaired) electrons. The summed E-state index contributed by atoms with van der Waals surface area (Å²) in [6, 6.07) is 0.477. The van der Waals surface area contributed by atoms with Crippen molar-refractivity contribution in [1.29, 1.82) is 0 Å². The van der Waals surface area contributed by atoms with Gasteiger partial charge >= 0.3 is 12.1 Å². The second-order valence-corrected chi connectivity index (χ2v) is 2.76. The van der Waals surface area contributed by atoms with E-state index in [1.54, 1.807) is 0 Å². The van der Waals surface area contributed by atoms with Gasteiger partial charge in [0, 0.05) is 6.20 Å². The fourth-order valence-corrected chi connectivity index (χ4v) is 0.976. The van der Waals surface area contributed by atoms with Crippen LogP contribution in [-0.2, 0) is 6.18 Å². The van der Waals surface area contributed by atoms with E-state index in [0.717, 1.165) is 0 Å². The summed E-state index contributed by atoms with van der Waals surface area (Å²) < 4.78 is 36.1. The van der Waals surface area contributed by atoms with Crippen LogP contribution in [0.1, 0.15) is 16.1 Å². The highest BCUT2D eigenvalue weighted by Gasteiger charge is 2.33. The summed E-state index contributed by atoms with van der Waals surface area (Å²) in [4.78, 5) is 13.3. The molecule has 0 spiro atoms. The Balaban J connectivity index is 3.20. The monoisotopic (exact) mass is 225 g/mol. The molecule has 1 aromatic heterocycles. The summed E-state index contributed by atoms with van der Waals surface area (Å²) in [5.74, 6) is -1.42. The first-order valence-corrected chi connectivity index (χ1v) is 3.66. The average molecular weight is 226 g/mol. The molecule has 1 heterocycles. The van der Waals surface area contributed by atoms with Gasteiger partial charge in [0.1, 0.15) is 5.69 Å². The Morgan fingerprint density at radius 1 is 1.50 bits per heavy atom. The number of halogens is 4. The average Bonchev–Trinajstić information content (AvgIpc) is 2.01. The number of aromatic carboxylic acids is 1. The molecule has 3 nitrogen and oxygen atoms in total. The van der Waals surface area contributed by atoms with Crippen molar-refractivity contribution in [3.8, 4) is 0 Å². The Kier molecular flexibility index (Phi) is 2.66. The first-order chi connectivity index (χ1) is 6.32. The van der Waals surface area contributed by atoms with E-state index < -0.39 is 28.4 Å². The summed E-state index contributed by atoms with van der Waals surface area (Å²) in [7, 11) is 0. The quantitative estimate of drug-likeness (QED) is 0.799. The molecule has 0 saturated heterocycles. The third kappa shape index (κ3) is 2.14. The number of hydrogen-bond donors (Lipinski definition) is 1. The van der Waals surface area contributed by atoms with Gasteiger partial charge in [-0.25, -0.2) is 4.79 Å². The Morgan fingerprint density at radius 2 is 2.07 bits per heavy atom. The van der Waals surface area contributed by atoms with Crippen LogP contribution in [0.4, 0.5) is 13.2 Å². The standard InChI is InChI=1S/C7H3ClF3NO2/c8-4-1-5(7(9,10)11)12-2-3(4)6(13)14/h1-2H,(H,13,14). The summed E-state index contributed by atoms with van der Waals surface area (Å²) in [6.07, 6.45) is -4.05. The van der Waals surface area contributed by atoms with E-state index in [4.69, 9.17) is 16.7 Å². The molecule has 7 heteroatoms. The van der Waals surface area contributed by atoms with Crippen LogP contribution < -0.4 is 0 Å². The maximum absolute atomic E-state index is 12.0. The van der Waals surface area contributed by atoms with Crippen molar-refractivity contribution in [2.75, 3.05) is 0 Å². The lowest BCUT2D eigenvalue weighted by Gasteiger charge is -2.06. The topological polar surface area (TPSA) is 50.2 Å². The molecular weight excluding hydrogens is 223 g/mol. The lowest BCUT2D eigenvalue weighted by atomic mass is 10.2. The number of alkyl halides is 3. The molecule has 76 valence electrons. The van der Waals surface area contributed by atoms with Gasteiger partial charge in [0.25, 0.3) is 0 Å². The van der Waals surface area contributed by atoms with Gasteiger partial charge in [-0.2, -0.15) is 13.2 Å². The van der Waals surface area contributed by atoms with Gasteiger partial charge in [-0.15, -0.1) is 0 Å². The summed E-state index contributed by atoms with van der Waals surface area (Å²) in [6.45, 7) is 0. The van der Waals surface area contributed by atoms with E-state index in [1.165, 1.54) is 0 Å². The molecule has 0 aliphatic carbocycles. The van der Waals surface area contributed by atoms with Crippen molar-refractivity contribution in [2.24, 2.45) is 0 Å². The molecule has 0 aliphatic heterocycles. The smallest absolute Gasteiger partial charge is 0.433 e. The van der Waals surface area contributed by atoms with Gasteiger partial charge in [0.05, 0.1) is 10.6 Å². The minimum absolute atomic E-state index is 0.459. The van der Waals surface area contributed by atoms with Crippen LogP contribution in [0.25, 0.3) is 0 Å². The lowest BCUT2D eigenvalue weighted by Crippen LogP contribution is -2.09. The van der Waals surface area contributed by atoms with Crippen LogP contribution >= 0.6 is 11.6 Å². The highest BCUT2D eigenvalue weighted by molar-refractivity contribution is 6.33. The molecule has 0 bridgehead atoms. The van der Waals surface area contributed by atoms with Gasteiger partial charge in [-0.3, -0.25) is 4.98 Å². The van der Waals surface area contributed by atoms with Gasteiger partial charge in [0.15, 0.2) is 0 Å². The molecule has 0 aromatic carbocycles. The van der Waals surface area contributed by atoms with Crippen LogP contribution in [0.5, 0.6) is 0 Å². The molecule has 0 aliphatic rings. The zero-order valence-electron chi connectivity index (χ0n) is 6.47. The molecule has 1 aromatic rings. The molecule has 14 heavy (non-hydrogen) atoms. The van der Waals surface area contributed by atoms with Crippen LogP contribution in [0.2, 0.25) is 5.02 Å². The van der Waals surface area contributed by atoms with E-state index in [2.05, 4.69) is 4.98 Å². The number of rotatable bonds is 1. The predicted molar refractivity (Wildman–Crippen MR) is 41.2 cm³/mol. The van der Waals surface area contributed by atoms with Gasteiger partial charge in [-0.1, -0.05) is 11.6 Å². The Labute approximate surface area is 81.1 Å². The number of hydrogen-bond acceptors (Lipinski definition) is 2. The first-order valence-electron chi connectivity index (χ1n) is 3.28. The van der Waals surface area contributed by atoms with Gasteiger partial charge < -0.3 is 5.11 Å². The molecular formula is C7H3ClF3NO2. The van der Waals surface area contributed by atoms with E-state index in [-0.39, 0.29) is 0 Å². The summed E-state index contributed by atoms with van der Waals surface area (Å²) >= 11 is 5.31. The van der Waals surface area contributed by atoms with Crippen LogP contribution in [0.3, 0.4) is 0 Å². The number of carboxylic acid groups (broad SMARTS) is 1. The van der Waals surface area contributed by atoms with Gasteiger partial charge in [-0.05, 0) is 6.07 Å². The number of aromatic nitrogens is 1. The van der Waals surface area contributed by atoms with Crippen LogP contribution in [0, 0.1) is 0 Å². The Morgan fingerprint density at radius 3 is 2.43 bits per heavy atom. The maximum atomic E-state index is 12.0. The van der Waals surface area contributed by atoms with Crippen LogP contribution in [-0.4, -0.2) is 16.1 Å². The van der Waals surface area contributed by atoms with Crippen molar-refractivity contribution in [2.45, 2.75) is 6.18 Å². The minimum Gasteiger partial charge on any atom is -0.478 e. The van der Waals surface area contributed by atoms with Crippen molar-refractivity contribution in [3.05, 3.63) is 28.5 Å². The number of carboxylic acids is 1. The van der Waals surface area contributed by atoms with Crippen molar-refractivity contribution in [1.82, 2.24) is 4.98 Å². The molecule has 0 atom stereocenters. The molecule has 0 unspecified atom stereocenters. The van der Waals surface area contributed by atoms with Crippen molar-refractivity contribution in [3.63, 3.8) is 0 Å². The van der Waals surface area contributed by atoms with E-state index in [0.29, 0.717) is 12.3 Å². The number of pyridine rings is 1. The predicted octanol–water partition coefficient (Wildman–Crippen LogP) is 2.45. The third-order valence-electron chi connectivity index (χ3n) is 1.37. The van der Waals surface area contributed by atoms with E-state index in [9.17, 15) is 18.0 Å². The first kappa shape index (κ1) is 10.8. The molecule has 1 rings (SSSR count). The Bertz CT molecular complexity index is 378. The zero-order chi connectivity index (χ0) is 10.9. The SMILES string of the molecule is O=C(O)c1cnc(C(F)(F)F)cc1Cl. The van der Waals surface area contributed by atoms with Crippen LogP contribution in [0.15, 0.2) is 12.3 Å². The fourth-order valence-electron chi connectivity index (χ4n) is 0.743. The minimum atomic E-state index is -4.62.